The van der Waals surface area contributed by atoms with Crippen LogP contribution in [0.2, 0.25) is 0 Å². The van der Waals surface area contributed by atoms with Crippen molar-refractivity contribution in [2.75, 3.05) is 13.2 Å². The van der Waals surface area contributed by atoms with Crippen LogP contribution in [0.15, 0.2) is 54.6 Å². The quantitative estimate of drug-likeness (QED) is 0.694. The van der Waals surface area contributed by atoms with Crippen LogP contribution in [0.3, 0.4) is 0 Å². The largest absolute Gasteiger partial charge is 0.452 e. The van der Waals surface area contributed by atoms with Crippen molar-refractivity contribution in [2.24, 2.45) is 10.8 Å². The van der Waals surface area contributed by atoms with E-state index >= 15 is 0 Å². The Hall–Kier alpha value is -2.62. The summed E-state index contributed by atoms with van der Waals surface area (Å²) >= 11 is 0. The van der Waals surface area contributed by atoms with Gasteiger partial charge in [0.1, 0.15) is 0 Å². The number of amides is 1. The number of rotatable bonds is 4. The van der Waals surface area contributed by atoms with Crippen LogP contribution in [0.25, 0.3) is 11.1 Å². The predicted octanol–water partition coefficient (Wildman–Crippen LogP) is 4.94. The Labute approximate surface area is 172 Å². The second-order valence-corrected chi connectivity index (χ2v) is 9.75. The maximum atomic E-state index is 12.8. The molecule has 2 aromatic carbocycles. The van der Waals surface area contributed by atoms with Crippen LogP contribution in [0.5, 0.6) is 0 Å². The van der Waals surface area contributed by atoms with Gasteiger partial charge in [0.25, 0.3) is 5.91 Å². The zero-order valence-electron chi connectivity index (χ0n) is 17.5. The molecule has 4 heteroatoms. The maximum Gasteiger partial charge on any atom is 0.338 e. The molecule has 0 radical (unpaired) electrons. The molecular formula is C25H29NO3. The summed E-state index contributed by atoms with van der Waals surface area (Å²) in [6.07, 6.45) is 3.20. The number of fused-ring (bicyclic) bond motifs is 2. The van der Waals surface area contributed by atoms with E-state index in [1.54, 1.807) is 12.1 Å². The summed E-state index contributed by atoms with van der Waals surface area (Å²) in [5.74, 6) is -0.530. The van der Waals surface area contributed by atoms with Crippen LogP contribution < -0.4 is 0 Å². The Balaban J connectivity index is 1.36. The summed E-state index contributed by atoms with van der Waals surface area (Å²) in [5, 5.41) is 0. The van der Waals surface area contributed by atoms with Gasteiger partial charge in [-0.15, -0.1) is 0 Å². The maximum absolute atomic E-state index is 12.8. The molecule has 1 aliphatic heterocycles. The van der Waals surface area contributed by atoms with Crippen LogP contribution >= 0.6 is 0 Å². The van der Waals surface area contributed by atoms with Gasteiger partial charge < -0.3 is 9.64 Å². The third-order valence-corrected chi connectivity index (χ3v) is 6.29. The molecule has 4 nitrogen and oxygen atoms in total. The highest BCUT2D eigenvalue weighted by Crippen LogP contribution is 2.52. The lowest BCUT2D eigenvalue weighted by atomic mass is 9.65. The Kier molecular flexibility index (Phi) is 4.97. The number of benzene rings is 2. The smallest absolute Gasteiger partial charge is 0.338 e. The minimum atomic E-state index is -0.452. The summed E-state index contributed by atoms with van der Waals surface area (Å²) in [4.78, 5) is 27.1. The normalized spacial score (nSPS) is 24.9. The predicted molar refractivity (Wildman–Crippen MR) is 113 cm³/mol. The molecule has 0 spiro atoms. The highest BCUT2D eigenvalue weighted by Gasteiger charge is 2.50. The molecule has 2 atom stereocenters. The molecule has 2 bridgehead atoms. The lowest BCUT2D eigenvalue weighted by Gasteiger charge is -2.39. The standard InChI is InChI=1S/C25H29NO3/c1-24(2)13-21-14-25(3,16-24)17-26(21)22(27)15-29-23(28)20-11-9-19(10-12-20)18-7-5-4-6-8-18/h4-12,21H,13-17H2,1-3H3/t21-,25-/m1/s1. The van der Waals surface area contributed by atoms with Crippen molar-refractivity contribution in [2.45, 2.75) is 46.1 Å². The zero-order valence-corrected chi connectivity index (χ0v) is 17.5. The van der Waals surface area contributed by atoms with E-state index in [-0.39, 0.29) is 29.4 Å². The number of esters is 1. The second kappa shape index (κ2) is 7.33. The Morgan fingerprint density at radius 3 is 2.31 bits per heavy atom. The minimum Gasteiger partial charge on any atom is -0.452 e. The average Bonchev–Trinajstić information content (AvgIpc) is 2.95. The second-order valence-electron chi connectivity index (χ2n) is 9.75. The average molecular weight is 392 g/mol. The number of carbonyl (C=O) groups is 2. The van der Waals surface area contributed by atoms with Crippen molar-refractivity contribution in [3.8, 4) is 11.1 Å². The lowest BCUT2D eigenvalue weighted by molar-refractivity contribution is -0.135. The first-order valence-corrected chi connectivity index (χ1v) is 10.4. The van der Waals surface area contributed by atoms with E-state index in [9.17, 15) is 9.59 Å². The summed E-state index contributed by atoms with van der Waals surface area (Å²) in [7, 11) is 0. The molecule has 1 saturated heterocycles. The number of carbonyl (C=O) groups excluding carboxylic acids is 2. The Morgan fingerprint density at radius 2 is 1.62 bits per heavy atom. The van der Waals surface area contributed by atoms with Crippen molar-refractivity contribution in [3.63, 3.8) is 0 Å². The van der Waals surface area contributed by atoms with Crippen molar-refractivity contribution in [1.82, 2.24) is 4.90 Å². The molecule has 2 aliphatic rings. The van der Waals surface area contributed by atoms with Gasteiger partial charge in [-0.2, -0.15) is 0 Å². The van der Waals surface area contributed by atoms with Gasteiger partial charge in [-0.05, 0) is 53.4 Å². The number of hydrogen-bond donors (Lipinski definition) is 0. The molecule has 0 unspecified atom stereocenters. The fraction of sp³-hybridized carbons (Fsp3) is 0.440. The fourth-order valence-corrected chi connectivity index (χ4v) is 5.47. The molecule has 0 N–H and O–H groups in total. The molecule has 29 heavy (non-hydrogen) atoms. The zero-order chi connectivity index (χ0) is 20.6. The molecule has 1 aliphatic carbocycles. The van der Waals surface area contributed by atoms with Crippen molar-refractivity contribution in [1.29, 1.82) is 0 Å². The molecule has 1 amide bonds. The molecule has 1 saturated carbocycles. The monoisotopic (exact) mass is 391 g/mol. The van der Waals surface area contributed by atoms with Gasteiger partial charge in [0, 0.05) is 12.6 Å². The fourth-order valence-electron chi connectivity index (χ4n) is 5.47. The SMILES string of the molecule is CC1(C)C[C@@H]2C[C@@](C)(CN2C(=O)COC(=O)c2ccc(-c3ccccc3)cc2)C1. The van der Waals surface area contributed by atoms with Crippen LogP contribution in [-0.2, 0) is 9.53 Å². The summed E-state index contributed by atoms with van der Waals surface area (Å²) in [5.41, 5.74) is 3.03. The van der Waals surface area contributed by atoms with Gasteiger partial charge in [0.15, 0.2) is 6.61 Å². The van der Waals surface area contributed by atoms with Gasteiger partial charge in [-0.25, -0.2) is 4.79 Å². The Morgan fingerprint density at radius 1 is 0.966 bits per heavy atom. The first-order valence-electron chi connectivity index (χ1n) is 10.4. The molecule has 0 aromatic heterocycles. The minimum absolute atomic E-state index is 0.0781. The van der Waals surface area contributed by atoms with Gasteiger partial charge in [0.2, 0.25) is 0 Å². The summed E-state index contributed by atoms with van der Waals surface area (Å²) < 4.78 is 5.35. The first-order chi connectivity index (χ1) is 13.7. The van der Waals surface area contributed by atoms with Gasteiger partial charge >= 0.3 is 5.97 Å². The third-order valence-electron chi connectivity index (χ3n) is 6.29. The van der Waals surface area contributed by atoms with E-state index in [0.717, 1.165) is 36.9 Å². The van der Waals surface area contributed by atoms with Crippen molar-refractivity contribution in [3.05, 3.63) is 60.2 Å². The highest BCUT2D eigenvalue weighted by atomic mass is 16.5. The molecule has 2 fully saturated rings. The van der Waals surface area contributed by atoms with Crippen molar-refractivity contribution >= 4 is 11.9 Å². The van der Waals surface area contributed by atoms with E-state index in [1.165, 1.54) is 0 Å². The van der Waals surface area contributed by atoms with E-state index in [2.05, 4.69) is 20.8 Å². The summed E-state index contributed by atoms with van der Waals surface area (Å²) in [6, 6.07) is 17.6. The van der Waals surface area contributed by atoms with E-state index in [4.69, 9.17) is 4.74 Å². The van der Waals surface area contributed by atoms with Gasteiger partial charge in [-0.3, -0.25) is 4.79 Å². The number of hydrogen-bond acceptors (Lipinski definition) is 3. The highest BCUT2D eigenvalue weighted by molar-refractivity contribution is 5.92. The van der Waals surface area contributed by atoms with Gasteiger partial charge in [-0.1, -0.05) is 63.2 Å². The van der Waals surface area contributed by atoms with Crippen LogP contribution in [0, 0.1) is 10.8 Å². The van der Waals surface area contributed by atoms with Crippen molar-refractivity contribution < 1.29 is 14.3 Å². The lowest BCUT2D eigenvalue weighted by Crippen LogP contribution is -2.39. The number of ether oxygens (including phenoxy) is 1. The van der Waals surface area contributed by atoms with E-state index in [0.29, 0.717) is 5.56 Å². The molecular weight excluding hydrogens is 362 g/mol. The number of likely N-dealkylation sites (tertiary alicyclic amines) is 1. The first kappa shape index (κ1) is 19.7. The van der Waals surface area contributed by atoms with Crippen LogP contribution in [-0.4, -0.2) is 36.0 Å². The molecule has 2 aromatic rings. The molecule has 152 valence electrons. The van der Waals surface area contributed by atoms with E-state index < -0.39 is 5.97 Å². The molecule has 1 heterocycles. The molecule has 4 rings (SSSR count). The summed E-state index contributed by atoms with van der Waals surface area (Å²) in [6.45, 7) is 7.42. The van der Waals surface area contributed by atoms with Gasteiger partial charge in [0.05, 0.1) is 5.56 Å². The third kappa shape index (κ3) is 4.21. The number of nitrogens with zero attached hydrogens (tertiary/aromatic N) is 1. The van der Waals surface area contributed by atoms with E-state index in [1.807, 2.05) is 47.4 Å². The van der Waals surface area contributed by atoms with Crippen LogP contribution in [0.4, 0.5) is 0 Å². The topological polar surface area (TPSA) is 46.6 Å². The Bertz CT molecular complexity index is 903. The van der Waals surface area contributed by atoms with Crippen LogP contribution in [0.1, 0.15) is 50.4 Å².